The average Bonchev–Trinajstić information content (AvgIpc) is 2.26. The predicted octanol–water partition coefficient (Wildman–Crippen LogP) is 22.7. The van der Waals surface area contributed by atoms with Crippen molar-refractivity contribution < 1.29 is 18.9 Å². The zero-order valence-electron chi connectivity index (χ0n) is 50.6. The fraction of sp³-hybridized carbons (Fsp3) is 0.645. The fourth-order valence-corrected chi connectivity index (χ4v) is 50.0. The van der Waals surface area contributed by atoms with Crippen LogP contribution in [0.1, 0.15) is 153 Å². The van der Waals surface area contributed by atoms with Crippen molar-refractivity contribution in [1.29, 1.82) is 10.5 Å². The van der Waals surface area contributed by atoms with Crippen LogP contribution in [0, 0.1) is 21.3 Å². The Labute approximate surface area is 520 Å². The van der Waals surface area contributed by atoms with Gasteiger partial charge in [0.15, 0.2) is 23.0 Å². The Morgan fingerprint density at radius 1 is 0.407 bits per heavy atom. The van der Waals surface area contributed by atoms with E-state index in [0.717, 1.165) is 54.0 Å². The minimum Gasteiger partial charge on any atom is -0.485 e. The van der Waals surface area contributed by atoms with Crippen molar-refractivity contribution in [3.8, 4) is 72.8 Å². The lowest BCUT2D eigenvalue weighted by molar-refractivity contribution is 0.170. The molecule has 81 heavy (non-hydrogen) atoms. The van der Waals surface area contributed by atoms with Gasteiger partial charge in [-0.1, -0.05) is 182 Å². The summed E-state index contributed by atoms with van der Waals surface area (Å²) in [6.07, 6.45) is 28.4. The Balaban J connectivity index is 1.24. The molecule has 5 aromatic heterocycles. The van der Waals surface area contributed by atoms with Crippen LogP contribution in [0.2, 0.25) is 76.6 Å². The molecule has 0 saturated carbocycles. The van der Waals surface area contributed by atoms with Gasteiger partial charge < -0.3 is 27.4 Å². The van der Waals surface area contributed by atoms with Crippen LogP contribution in [0.5, 0.6) is 23.0 Å². The lowest BCUT2D eigenvalue weighted by Gasteiger charge is -2.60. The van der Waals surface area contributed by atoms with E-state index in [2.05, 4.69) is 109 Å². The summed E-state index contributed by atoms with van der Waals surface area (Å²) in [6.45, 7) is 28.6. The number of nitriles is 2. The van der Waals surface area contributed by atoms with Crippen LogP contribution in [0.3, 0.4) is 0 Å². The normalized spacial score (nSPS) is 17.5. The van der Waals surface area contributed by atoms with Gasteiger partial charge in [-0.15, -0.1) is 56.7 Å². The smallest absolute Gasteiger partial charge is 0.187 e. The maximum atomic E-state index is 10.0. The zero-order valence-corrected chi connectivity index (χ0v) is 60.4. The van der Waals surface area contributed by atoms with Crippen molar-refractivity contribution in [3.05, 3.63) is 23.3 Å². The van der Waals surface area contributed by atoms with Crippen LogP contribution < -0.4 is 27.4 Å². The molecule has 19 heteroatoms. The van der Waals surface area contributed by atoms with Gasteiger partial charge in [-0.3, -0.25) is 0 Å². The van der Waals surface area contributed by atoms with E-state index in [1.165, 1.54) is 217 Å². The Bertz CT molecular complexity index is 2770. The summed E-state index contributed by atoms with van der Waals surface area (Å²) in [4.78, 5) is 10.6. The lowest BCUT2D eigenvalue weighted by atomic mass is 10.0. The van der Waals surface area contributed by atoms with E-state index in [1.54, 1.807) is 34.0 Å². The quantitative estimate of drug-likeness (QED) is 0.0209. The maximum absolute atomic E-state index is 10.0. The molecule has 9 rings (SSSR count). The molecule has 0 fully saturated rings. The first-order chi connectivity index (χ1) is 39.0. The van der Waals surface area contributed by atoms with Crippen molar-refractivity contribution in [2.75, 3.05) is 34.9 Å². The molecule has 0 amide bonds. The second kappa shape index (κ2) is 28.6. The highest BCUT2D eigenvalue weighted by atomic mass is 32.2. The average molecular weight is 1290 g/mol. The minimum atomic E-state index is -2.07. The van der Waals surface area contributed by atoms with E-state index in [1.807, 2.05) is 22.7 Å². The third kappa shape index (κ3) is 14.5. The van der Waals surface area contributed by atoms with Gasteiger partial charge in [0, 0.05) is 33.3 Å². The minimum absolute atomic E-state index is 0.498. The van der Waals surface area contributed by atoms with Gasteiger partial charge >= 0.3 is 0 Å². The first kappa shape index (κ1) is 63.4. The van der Waals surface area contributed by atoms with E-state index >= 15 is 0 Å². The number of aryl methyl sites for hydroxylation is 2. The van der Waals surface area contributed by atoms with Gasteiger partial charge in [-0.05, 0) is 73.1 Å². The number of nitrogens with zero attached hydrogens (tertiary/aromatic N) is 4. The van der Waals surface area contributed by atoms with Gasteiger partial charge in [-0.25, -0.2) is 0 Å². The van der Waals surface area contributed by atoms with Crippen molar-refractivity contribution in [3.63, 3.8) is 0 Å². The molecule has 0 radical (unpaired) electrons. The summed E-state index contributed by atoms with van der Waals surface area (Å²) in [7, 11) is -8.28. The molecule has 0 N–H and O–H groups in total. The Kier molecular flexibility index (Phi) is 22.3. The summed E-state index contributed by atoms with van der Waals surface area (Å²) in [5.74, 6) is 3.13. The predicted molar refractivity (Wildman–Crippen MR) is 368 cm³/mol. The number of thiophene rings is 5. The molecule has 0 aromatic carbocycles. The van der Waals surface area contributed by atoms with E-state index < -0.39 is 32.9 Å². The number of ether oxygens (including phenoxy) is 4. The van der Waals surface area contributed by atoms with Crippen LogP contribution in [0.15, 0.2) is 20.6 Å². The Morgan fingerprint density at radius 2 is 0.716 bits per heavy atom. The summed E-state index contributed by atoms with van der Waals surface area (Å²) >= 11 is 11.9. The fourth-order valence-electron chi connectivity index (χ4n) is 13.5. The maximum Gasteiger partial charge on any atom is 0.187 e. The highest BCUT2D eigenvalue weighted by molar-refractivity contribution is 8.05. The summed E-state index contributed by atoms with van der Waals surface area (Å²) in [6, 6.07) is 10.4. The molecule has 0 atom stereocenters. The van der Waals surface area contributed by atoms with Gasteiger partial charge in [0.05, 0.1) is 40.6 Å². The van der Waals surface area contributed by atoms with Gasteiger partial charge in [-0.2, -0.15) is 10.5 Å². The molecule has 8 nitrogen and oxygen atoms in total. The largest absolute Gasteiger partial charge is 0.485 e. The van der Waals surface area contributed by atoms with Crippen LogP contribution in [-0.2, 0) is 12.8 Å². The number of hydrogen-bond acceptors (Lipinski definition) is 15. The van der Waals surface area contributed by atoms with Gasteiger partial charge in [0.2, 0.25) is 0 Å². The van der Waals surface area contributed by atoms with Crippen LogP contribution in [0.25, 0.3) is 39.0 Å². The third-order valence-electron chi connectivity index (χ3n) is 17.5. The summed E-state index contributed by atoms with van der Waals surface area (Å²) in [5, 5.41) is 24.8. The Morgan fingerprint density at radius 3 is 1.04 bits per heavy atom. The van der Waals surface area contributed by atoms with Crippen LogP contribution in [-0.4, -0.2) is 59.4 Å². The molecule has 4 aliphatic rings. The SMILES string of the molecule is CCCCCCCCCCCCc1cc(-c2sc(SC#N)c3c2OCCO3)sc1-c1sc(-c2sc(-c3sc(SC#N)c4c3OCCO4)cc2CCCCCCCCCCCC)c2c1N1[Si](C)(C)CC[Si](C)(C)N2[Si](C)(C)CC[Si]1(C)C. The molecule has 5 aromatic rings. The molecule has 0 saturated heterocycles. The van der Waals surface area contributed by atoms with Crippen molar-refractivity contribution in [2.45, 2.75) is 240 Å². The summed E-state index contributed by atoms with van der Waals surface area (Å²) in [5.41, 5.74) is 6.12. The van der Waals surface area contributed by atoms with Crippen LogP contribution in [0.4, 0.5) is 11.4 Å². The molecule has 0 aliphatic carbocycles. The second-order valence-corrected chi connectivity index (χ2v) is 52.2. The van der Waals surface area contributed by atoms with Crippen molar-refractivity contribution in [2.24, 2.45) is 0 Å². The van der Waals surface area contributed by atoms with E-state index in [0.29, 0.717) is 26.4 Å². The number of hydrogen-bond donors (Lipinski definition) is 0. The number of fused-ring (bicyclic) bond motifs is 2. The zero-order chi connectivity index (χ0) is 57.4. The van der Waals surface area contributed by atoms with Gasteiger partial charge in [0.25, 0.3) is 0 Å². The lowest BCUT2D eigenvalue weighted by Crippen LogP contribution is -2.71. The number of anilines is 2. The third-order valence-corrected chi connectivity index (χ3v) is 45.4. The number of unbranched alkanes of at least 4 members (excludes halogenated alkanes) is 18. The van der Waals surface area contributed by atoms with Crippen molar-refractivity contribution in [1.82, 2.24) is 0 Å². The first-order valence-electron chi connectivity index (χ1n) is 31.1. The number of thiocyanates is 2. The summed E-state index contributed by atoms with van der Waals surface area (Å²) < 4.78 is 34.0. The molecular weight excluding hydrogens is 1200 g/mol. The van der Waals surface area contributed by atoms with Crippen molar-refractivity contribution >= 4 is 125 Å². The standard InChI is InChI=1S/C62H92N4O4S7Si4/c1-11-13-15-17-19-21-23-25-27-29-31-45-41-47(57-51-53(69-35-33-67-51)61(76-57)71-43-63)73-55(45)59-49-50(66-80(7,8)39-37-78(3,4)65(49)79(5,6)38-40-81(66,9)10)60(75-59)56-46(32-30-28-26-24-22-20-18-16-14-12-2)42-48(74-56)58-52-54(70-36-34-68-52)62(77-58)72-44-64/h41-42H,11-40H2,1-10H3. The molecule has 0 spiro atoms. The van der Waals surface area contributed by atoms with Gasteiger partial charge in [0.1, 0.15) is 78.6 Å². The molecule has 9 heterocycles. The first-order valence-corrected chi connectivity index (χ1v) is 49.4. The molecule has 442 valence electrons. The molecule has 0 unspecified atom stereocenters. The van der Waals surface area contributed by atoms with E-state index in [4.69, 9.17) is 18.9 Å². The molecule has 4 aliphatic heterocycles. The highest BCUT2D eigenvalue weighted by Crippen LogP contribution is 2.65. The monoisotopic (exact) mass is 1290 g/mol. The molecular formula is C62H92N4O4S7Si4. The Hall–Kier alpha value is -2.15. The number of rotatable bonds is 28. The topological polar surface area (TPSA) is 91.0 Å². The second-order valence-electron chi connectivity index (χ2n) is 25.7. The molecule has 2 bridgehead atoms. The van der Waals surface area contributed by atoms with E-state index in [-0.39, 0.29) is 0 Å². The number of thioether (sulfide) groups is 2. The van der Waals surface area contributed by atoms with Crippen LogP contribution >= 0.6 is 80.2 Å². The highest BCUT2D eigenvalue weighted by Gasteiger charge is 2.55. The van der Waals surface area contributed by atoms with E-state index in [9.17, 15) is 10.5 Å².